The molecule has 2 rings (SSSR count). The number of hydrogen-bond donors (Lipinski definition) is 1. The van der Waals surface area contributed by atoms with Gasteiger partial charge in [0.15, 0.2) is 5.89 Å². The maximum absolute atomic E-state index is 8.82. The minimum atomic E-state index is 0.188. The molecule has 0 aliphatic carbocycles. The van der Waals surface area contributed by atoms with Crippen LogP contribution in [0.2, 0.25) is 0 Å². The maximum Gasteiger partial charge on any atom is 0.252 e. The average Bonchev–Trinajstić information content (AvgIpc) is 2.82. The first-order chi connectivity index (χ1) is 8.60. The zero-order chi connectivity index (χ0) is 13.1. The zero-order valence-corrected chi connectivity index (χ0v) is 10.3. The molecule has 0 radical (unpaired) electrons. The van der Waals surface area contributed by atoms with Crippen molar-refractivity contribution in [3.63, 3.8) is 0 Å². The lowest BCUT2D eigenvalue weighted by Gasteiger charge is -1.93. The first-order valence-corrected chi connectivity index (χ1v) is 5.27. The molecule has 18 heavy (non-hydrogen) atoms. The highest BCUT2D eigenvalue weighted by atomic mass is 16.4. The van der Waals surface area contributed by atoms with Crippen molar-refractivity contribution in [3.05, 3.63) is 29.0 Å². The van der Waals surface area contributed by atoms with Gasteiger partial charge in [0.1, 0.15) is 6.07 Å². The zero-order valence-electron chi connectivity index (χ0n) is 10.3. The van der Waals surface area contributed by atoms with Crippen LogP contribution in [0.25, 0.3) is 0 Å². The van der Waals surface area contributed by atoms with E-state index in [0.29, 0.717) is 5.89 Å². The molecule has 7 nitrogen and oxygen atoms in total. The second-order valence-electron chi connectivity index (χ2n) is 3.74. The lowest BCUT2D eigenvalue weighted by atomic mass is 10.3. The van der Waals surface area contributed by atoms with Gasteiger partial charge in [0.05, 0.1) is 11.9 Å². The first kappa shape index (κ1) is 11.9. The number of nitrogens with zero attached hydrogens (tertiary/aromatic N) is 5. The highest BCUT2D eigenvalue weighted by Gasteiger charge is 2.08. The van der Waals surface area contributed by atoms with Crippen molar-refractivity contribution in [2.45, 2.75) is 13.8 Å². The summed E-state index contributed by atoms with van der Waals surface area (Å²) in [4.78, 5) is 3.90. The number of hydrazone groups is 1. The number of oxazole rings is 1. The van der Waals surface area contributed by atoms with E-state index >= 15 is 0 Å². The maximum atomic E-state index is 8.82. The number of aromatic nitrogens is 3. The van der Waals surface area contributed by atoms with Crippen molar-refractivity contribution < 1.29 is 4.42 Å². The predicted molar refractivity (Wildman–Crippen MR) is 65.1 cm³/mol. The topological polar surface area (TPSA) is 92.0 Å². The molecule has 0 saturated carbocycles. The average molecular weight is 244 g/mol. The Hall–Kier alpha value is -2.62. The van der Waals surface area contributed by atoms with Gasteiger partial charge >= 0.3 is 0 Å². The SMILES string of the molecule is Cc1nc(C#N)c(N/N=C/c2cn(C)nc2C)o1. The van der Waals surface area contributed by atoms with E-state index in [1.165, 1.54) is 0 Å². The predicted octanol–water partition coefficient (Wildman–Crippen LogP) is 1.34. The third-order valence-corrected chi connectivity index (χ3v) is 2.26. The van der Waals surface area contributed by atoms with Gasteiger partial charge in [0.25, 0.3) is 5.88 Å². The minimum Gasteiger partial charge on any atom is -0.422 e. The van der Waals surface area contributed by atoms with Crippen molar-refractivity contribution in [3.8, 4) is 6.07 Å². The van der Waals surface area contributed by atoms with Crippen LogP contribution in [0.15, 0.2) is 15.7 Å². The van der Waals surface area contributed by atoms with Crippen LogP contribution >= 0.6 is 0 Å². The Labute approximate surface area is 104 Å². The normalized spacial score (nSPS) is 10.8. The Morgan fingerprint density at radius 1 is 1.56 bits per heavy atom. The van der Waals surface area contributed by atoms with Gasteiger partial charge < -0.3 is 4.42 Å². The van der Waals surface area contributed by atoms with Crippen LogP contribution in [-0.4, -0.2) is 21.0 Å². The highest BCUT2D eigenvalue weighted by Crippen LogP contribution is 2.15. The van der Waals surface area contributed by atoms with Crippen LogP contribution in [0.4, 0.5) is 5.88 Å². The van der Waals surface area contributed by atoms with Gasteiger partial charge in [-0.1, -0.05) is 0 Å². The molecule has 0 bridgehead atoms. The first-order valence-electron chi connectivity index (χ1n) is 5.27. The van der Waals surface area contributed by atoms with Crippen LogP contribution in [0.1, 0.15) is 22.8 Å². The van der Waals surface area contributed by atoms with Gasteiger partial charge in [-0.2, -0.15) is 15.5 Å². The van der Waals surface area contributed by atoms with E-state index in [9.17, 15) is 0 Å². The summed E-state index contributed by atoms with van der Waals surface area (Å²) in [5, 5.41) is 17.0. The van der Waals surface area contributed by atoms with Crippen LogP contribution in [-0.2, 0) is 7.05 Å². The Bertz CT molecular complexity index is 630. The number of aryl methyl sites for hydroxylation is 3. The van der Waals surface area contributed by atoms with Gasteiger partial charge in [-0.25, -0.2) is 10.4 Å². The molecule has 0 aliphatic rings. The lowest BCUT2D eigenvalue weighted by molar-refractivity contribution is 0.533. The number of anilines is 1. The van der Waals surface area contributed by atoms with Crippen molar-refractivity contribution in [1.82, 2.24) is 14.8 Å². The quantitative estimate of drug-likeness (QED) is 0.649. The van der Waals surface area contributed by atoms with Crippen LogP contribution in [0, 0.1) is 25.2 Å². The Kier molecular flexibility index (Phi) is 3.10. The van der Waals surface area contributed by atoms with E-state index in [2.05, 4.69) is 20.6 Å². The molecule has 0 fully saturated rings. The van der Waals surface area contributed by atoms with E-state index in [-0.39, 0.29) is 11.6 Å². The third-order valence-electron chi connectivity index (χ3n) is 2.26. The van der Waals surface area contributed by atoms with Crippen molar-refractivity contribution in [1.29, 1.82) is 5.26 Å². The van der Waals surface area contributed by atoms with Crippen LogP contribution in [0.3, 0.4) is 0 Å². The largest absolute Gasteiger partial charge is 0.422 e. The number of nitriles is 1. The summed E-state index contributed by atoms with van der Waals surface area (Å²) in [7, 11) is 1.84. The van der Waals surface area contributed by atoms with Crippen molar-refractivity contribution in [2.75, 3.05) is 5.43 Å². The van der Waals surface area contributed by atoms with Crippen molar-refractivity contribution >= 4 is 12.1 Å². The van der Waals surface area contributed by atoms with E-state index in [4.69, 9.17) is 9.68 Å². The molecule has 0 aromatic carbocycles. The Balaban J connectivity index is 2.12. The fourth-order valence-electron chi connectivity index (χ4n) is 1.48. The summed E-state index contributed by atoms with van der Waals surface area (Å²) in [5.74, 6) is 0.662. The highest BCUT2D eigenvalue weighted by molar-refractivity contribution is 5.81. The molecule has 0 saturated heterocycles. The third kappa shape index (κ3) is 2.38. The molecule has 92 valence electrons. The van der Waals surface area contributed by atoms with E-state index in [1.54, 1.807) is 17.8 Å². The molecule has 2 aromatic heterocycles. The molecule has 7 heteroatoms. The molecule has 2 aromatic rings. The Morgan fingerprint density at radius 3 is 2.94 bits per heavy atom. The molecule has 0 unspecified atom stereocenters. The summed E-state index contributed by atoms with van der Waals surface area (Å²) in [6, 6.07) is 1.92. The van der Waals surface area contributed by atoms with Gasteiger partial charge in [0, 0.05) is 25.7 Å². The van der Waals surface area contributed by atoms with Gasteiger partial charge in [-0.05, 0) is 6.92 Å². The summed E-state index contributed by atoms with van der Waals surface area (Å²) >= 11 is 0. The van der Waals surface area contributed by atoms with Gasteiger partial charge in [-0.15, -0.1) is 0 Å². The number of nitrogens with one attached hydrogen (secondary N) is 1. The van der Waals surface area contributed by atoms with E-state index < -0.39 is 0 Å². The molecular formula is C11H12N6O. The molecule has 2 heterocycles. The summed E-state index contributed by atoms with van der Waals surface area (Å²) < 4.78 is 6.90. The Morgan fingerprint density at radius 2 is 2.33 bits per heavy atom. The van der Waals surface area contributed by atoms with Gasteiger partial charge in [-0.3, -0.25) is 4.68 Å². The second-order valence-corrected chi connectivity index (χ2v) is 3.74. The molecule has 1 N–H and O–H groups in total. The molecule has 0 amide bonds. The fraction of sp³-hybridized carbons (Fsp3) is 0.273. The molecule has 0 atom stereocenters. The van der Waals surface area contributed by atoms with Crippen LogP contribution < -0.4 is 5.43 Å². The van der Waals surface area contributed by atoms with Crippen LogP contribution in [0.5, 0.6) is 0 Å². The number of hydrogen-bond acceptors (Lipinski definition) is 6. The lowest BCUT2D eigenvalue weighted by Crippen LogP contribution is -1.91. The van der Waals surface area contributed by atoms with Crippen molar-refractivity contribution in [2.24, 2.45) is 12.1 Å². The summed E-state index contributed by atoms with van der Waals surface area (Å²) in [5.41, 5.74) is 4.60. The summed E-state index contributed by atoms with van der Waals surface area (Å²) in [6.45, 7) is 3.56. The minimum absolute atomic E-state index is 0.188. The second kappa shape index (κ2) is 4.71. The summed E-state index contributed by atoms with van der Waals surface area (Å²) in [6.07, 6.45) is 3.46. The molecule has 0 aliphatic heterocycles. The monoisotopic (exact) mass is 244 g/mol. The molecular weight excluding hydrogens is 232 g/mol. The smallest absolute Gasteiger partial charge is 0.252 e. The van der Waals surface area contributed by atoms with E-state index in [1.807, 2.05) is 26.2 Å². The fourth-order valence-corrected chi connectivity index (χ4v) is 1.48. The standard InChI is InChI=1S/C11H12N6O/c1-7-9(6-17(3)16-7)5-13-15-11-10(4-12)14-8(2)18-11/h5-6,15H,1-3H3/b13-5+. The van der Waals surface area contributed by atoms with Gasteiger partial charge in [0.2, 0.25) is 5.69 Å². The molecule has 0 spiro atoms. The number of rotatable bonds is 3. The van der Waals surface area contributed by atoms with E-state index in [0.717, 1.165) is 11.3 Å².